The maximum absolute atomic E-state index is 11.6. The molecule has 0 radical (unpaired) electrons. The Bertz CT molecular complexity index is 224. The molecule has 1 saturated heterocycles. The monoisotopic (exact) mass is 198 g/mol. The van der Waals surface area contributed by atoms with Crippen LogP contribution >= 0.6 is 0 Å². The predicted molar refractivity (Wildman–Crippen MR) is 57.9 cm³/mol. The van der Waals surface area contributed by atoms with E-state index < -0.39 is 0 Å². The zero-order chi connectivity index (χ0) is 11.1. The van der Waals surface area contributed by atoms with Crippen molar-refractivity contribution in [3.8, 4) is 0 Å². The number of hydrazine groups is 1. The highest BCUT2D eigenvalue weighted by Gasteiger charge is 2.45. The van der Waals surface area contributed by atoms with E-state index in [4.69, 9.17) is 0 Å². The molecule has 0 amide bonds. The van der Waals surface area contributed by atoms with Gasteiger partial charge in [0, 0.05) is 38.0 Å². The van der Waals surface area contributed by atoms with E-state index in [1.54, 1.807) is 0 Å². The number of carbonyl (C=O) groups excluding carboxylic acids is 1. The van der Waals surface area contributed by atoms with Gasteiger partial charge in [-0.3, -0.25) is 4.79 Å². The molecule has 0 aromatic rings. The summed E-state index contributed by atoms with van der Waals surface area (Å²) >= 11 is 0. The molecule has 0 unspecified atom stereocenters. The van der Waals surface area contributed by atoms with Crippen LogP contribution in [0.4, 0.5) is 0 Å². The van der Waals surface area contributed by atoms with Gasteiger partial charge in [0.1, 0.15) is 5.78 Å². The lowest BCUT2D eigenvalue weighted by atomic mass is 9.80. The Labute approximate surface area is 87.0 Å². The lowest BCUT2D eigenvalue weighted by Crippen LogP contribution is -2.65. The van der Waals surface area contributed by atoms with E-state index in [2.05, 4.69) is 37.7 Å². The van der Waals surface area contributed by atoms with E-state index >= 15 is 0 Å². The highest BCUT2D eigenvalue weighted by molar-refractivity contribution is 5.81. The molecule has 0 N–H and O–H groups in total. The molecule has 1 heterocycles. The summed E-state index contributed by atoms with van der Waals surface area (Å²) in [7, 11) is 4.08. The van der Waals surface area contributed by atoms with Gasteiger partial charge in [-0.25, -0.2) is 10.0 Å². The van der Waals surface area contributed by atoms with Crippen molar-refractivity contribution in [2.75, 3.05) is 14.1 Å². The fraction of sp³-hybridized carbons (Fsp3) is 0.909. The number of rotatable bonds is 1. The number of carbonyl (C=O) groups is 1. The van der Waals surface area contributed by atoms with Gasteiger partial charge in [0.15, 0.2) is 0 Å². The Morgan fingerprint density at radius 3 is 1.71 bits per heavy atom. The molecule has 82 valence electrons. The van der Waals surface area contributed by atoms with Crippen LogP contribution in [0.25, 0.3) is 0 Å². The first-order chi connectivity index (χ1) is 6.17. The van der Waals surface area contributed by atoms with Gasteiger partial charge in [0.2, 0.25) is 0 Å². The third kappa shape index (κ3) is 1.98. The molecular weight excluding hydrogens is 176 g/mol. The summed E-state index contributed by atoms with van der Waals surface area (Å²) in [6.45, 7) is 8.52. The van der Waals surface area contributed by atoms with Crippen molar-refractivity contribution in [3.63, 3.8) is 0 Å². The average Bonchev–Trinajstić information content (AvgIpc) is 1.75. The second-order valence-electron chi connectivity index (χ2n) is 5.68. The van der Waals surface area contributed by atoms with Crippen LogP contribution in [0.15, 0.2) is 0 Å². The van der Waals surface area contributed by atoms with E-state index in [1.165, 1.54) is 0 Å². The fourth-order valence-electron chi connectivity index (χ4n) is 3.08. The summed E-state index contributed by atoms with van der Waals surface area (Å²) in [5.74, 6) is 0.373. The minimum atomic E-state index is -0.0671. The first-order valence-electron chi connectivity index (χ1n) is 5.16. The largest absolute Gasteiger partial charge is 0.300 e. The van der Waals surface area contributed by atoms with Crippen LogP contribution in [0.5, 0.6) is 0 Å². The number of Topliss-reactive ketones (excluding diaryl/α,β-unsaturated/α-hetero) is 1. The van der Waals surface area contributed by atoms with E-state index in [-0.39, 0.29) is 11.1 Å². The van der Waals surface area contributed by atoms with E-state index in [0.717, 1.165) is 0 Å². The number of nitrogens with zero attached hydrogens (tertiary/aromatic N) is 2. The minimum absolute atomic E-state index is 0.0671. The zero-order valence-corrected chi connectivity index (χ0v) is 10.2. The van der Waals surface area contributed by atoms with Crippen LogP contribution in [0.2, 0.25) is 0 Å². The Hall–Kier alpha value is -0.410. The highest BCUT2D eigenvalue weighted by atomic mass is 16.1. The topological polar surface area (TPSA) is 23.6 Å². The van der Waals surface area contributed by atoms with Gasteiger partial charge in [-0.2, -0.15) is 0 Å². The summed E-state index contributed by atoms with van der Waals surface area (Å²) in [5.41, 5.74) is -0.134. The van der Waals surface area contributed by atoms with Crippen LogP contribution in [-0.4, -0.2) is 41.0 Å². The number of piperidine rings is 1. The number of hydrogen-bond acceptors (Lipinski definition) is 3. The summed E-state index contributed by atoms with van der Waals surface area (Å²) in [6.07, 6.45) is 1.29. The molecule has 0 aromatic heterocycles. The molecule has 0 bridgehead atoms. The molecule has 0 aliphatic carbocycles. The zero-order valence-electron chi connectivity index (χ0n) is 10.2. The molecule has 1 aliphatic heterocycles. The summed E-state index contributed by atoms with van der Waals surface area (Å²) < 4.78 is 0. The van der Waals surface area contributed by atoms with Gasteiger partial charge in [0.25, 0.3) is 0 Å². The van der Waals surface area contributed by atoms with Gasteiger partial charge in [0.05, 0.1) is 0 Å². The molecule has 1 rings (SSSR count). The fourth-order valence-corrected chi connectivity index (χ4v) is 3.08. The third-order valence-electron chi connectivity index (χ3n) is 2.81. The van der Waals surface area contributed by atoms with Crippen LogP contribution in [0.1, 0.15) is 40.5 Å². The standard InChI is InChI=1S/C11H22N2O/c1-10(2)7-9(14)8-11(3,4)13(10)12(5)6/h7-8H2,1-6H3. The highest BCUT2D eigenvalue weighted by Crippen LogP contribution is 2.36. The van der Waals surface area contributed by atoms with Gasteiger partial charge < -0.3 is 0 Å². The molecule has 1 fully saturated rings. The van der Waals surface area contributed by atoms with Crippen LogP contribution in [-0.2, 0) is 4.79 Å². The molecule has 0 saturated carbocycles. The predicted octanol–water partition coefficient (Wildman–Crippen LogP) is 1.69. The van der Waals surface area contributed by atoms with E-state index in [9.17, 15) is 4.79 Å². The smallest absolute Gasteiger partial charge is 0.136 e. The minimum Gasteiger partial charge on any atom is -0.300 e. The first kappa shape index (κ1) is 11.7. The van der Waals surface area contributed by atoms with Crippen LogP contribution in [0.3, 0.4) is 0 Å². The van der Waals surface area contributed by atoms with Crippen molar-refractivity contribution in [3.05, 3.63) is 0 Å². The molecular formula is C11H22N2O. The summed E-state index contributed by atoms with van der Waals surface area (Å²) in [6, 6.07) is 0. The molecule has 0 aromatic carbocycles. The van der Waals surface area contributed by atoms with Crippen LogP contribution in [0, 0.1) is 0 Å². The van der Waals surface area contributed by atoms with Crippen molar-refractivity contribution < 1.29 is 4.79 Å². The van der Waals surface area contributed by atoms with Gasteiger partial charge in [-0.15, -0.1) is 0 Å². The van der Waals surface area contributed by atoms with Crippen molar-refractivity contribution in [2.45, 2.75) is 51.6 Å². The third-order valence-corrected chi connectivity index (χ3v) is 2.81. The van der Waals surface area contributed by atoms with Crippen molar-refractivity contribution in [2.24, 2.45) is 0 Å². The Kier molecular flexibility index (Phi) is 2.76. The lowest BCUT2D eigenvalue weighted by molar-refractivity contribution is -0.169. The second kappa shape index (κ2) is 3.31. The Morgan fingerprint density at radius 2 is 1.43 bits per heavy atom. The summed E-state index contributed by atoms with van der Waals surface area (Å²) in [5, 5.41) is 4.41. The second-order valence-corrected chi connectivity index (χ2v) is 5.68. The Balaban J connectivity index is 3.03. The molecule has 3 heteroatoms. The number of hydrogen-bond donors (Lipinski definition) is 0. The SMILES string of the molecule is CN(C)N1C(C)(C)CC(=O)CC1(C)C. The molecule has 14 heavy (non-hydrogen) atoms. The van der Waals surface area contributed by atoms with Gasteiger partial charge in [-0.05, 0) is 27.7 Å². The normalized spacial score (nSPS) is 26.9. The summed E-state index contributed by atoms with van der Waals surface area (Å²) in [4.78, 5) is 11.6. The maximum Gasteiger partial charge on any atom is 0.136 e. The molecule has 3 nitrogen and oxygen atoms in total. The van der Waals surface area contributed by atoms with E-state index in [0.29, 0.717) is 18.6 Å². The van der Waals surface area contributed by atoms with Gasteiger partial charge in [-0.1, -0.05) is 0 Å². The molecule has 0 spiro atoms. The van der Waals surface area contributed by atoms with Crippen molar-refractivity contribution >= 4 is 5.78 Å². The van der Waals surface area contributed by atoms with Crippen LogP contribution < -0.4 is 0 Å². The molecule has 1 aliphatic rings. The first-order valence-corrected chi connectivity index (χ1v) is 5.16. The maximum atomic E-state index is 11.6. The Morgan fingerprint density at radius 1 is 1.07 bits per heavy atom. The van der Waals surface area contributed by atoms with E-state index in [1.807, 2.05) is 14.1 Å². The lowest BCUT2D eigenvalue weighted by Gasteiger charge is -2.54. The van der Waals surface area contributed by atoms with Gasteiger partial charge >= 0.3 is 0 Å². The number of ketones is 1. The van der Waals surface area contributed by atoms with Crippen molar-refractivity contribution in [1.82, 2.24) is 10.0 Å². The average molecular weight is 198 g/mol. The quantitative estimate of drug-likeness (QED) is 0.640. The van der Waals surface area contributed by atoms with Crippen molar-refractivity contribution in [1.29, 1.82) is 0 Å². The molecule has 0 atom stereocenters.